The maximum Gasteiger partial charge on any atom is 0.158 e. The number of anilines is 1. The second kappa shape index (κ2) is 4.97. The molecule has 1 aliphatic rings. The molecular weight excluding hydrogens is 226 g/mol. The minimum absolute atomic E-state index is 0.400. The zero-order valence-electron chi connectivity index (χ0n) is 9.61. The van der Waals surface area contributed by atoms with Crippen molar-refractivity contribution in [3.63, 3.8) is 0 Å². The van der Waals surface area contributed by atoms with Crippen LogP contribution in [0.15, 0.2) is 6.07 Å². The van der Waals surface area contributed by atoms with Gasteiger partial charge in [0, 0.05) is 26.3 Å². The Morgan fingerprint density at radius 3 is 3.00 bits per heavy atom. The van der Waals surface area contributed by atoms with Crippen molar-refractivity contribution in [3.8, 4) is 0 Å². The maximum absolute atomic E-state index is 5.97. The van der Waals surface area contributed by atoms with Crippen LogP contribution in [0.5, 0.6) is 0 Å². The molecule has 1 saturated heterocycles. The summed E-state index contributed by atoms with van der Waals surface area (Å²) in [6.07, 6.45) is 1.21. The minimum atomic E-state index is 0.400. The van der Waals surface area contributed by atoms with Gasteiger partial charge in [-0.25, -0.2) is 9.97 Å². The number of hydrogen-bond acceptors (Lipinski definition) is 4. The van der Waals surface area contributed by atoms with E-state index in [1.165, 1.54) is 6.42 Å². The summed E-state index contributed by atoms with van der Waals surface area (Å²) in [5, 5.41) is 0.483. The molecule has 1 atom stereocenters. The first-order valence-electron chi connectivity index (χ1n) is 5.46. The lowest BCUT2D eigenvalue weighted by Crippen LogP contribution is -2.21. The molecule has 88 valence electrons. The van der Waals surface area contributed by atoms with Crippen LogP contribution in [-0.2, 0) is 11.3 Å². The standard InChI is InChI=1S/C11H16ClN3O/c1-8-3-4-15(6-8)11-5-9(12)13-10(14-11)7-16-2/h5,8H,3-4,6-7H2,1-2H3. The highest BCUT2D eigenvalue weighted by molar-refractivity contribution is 6.29. The van der Waals surface area contributed by atoms with E-state index in [0.717, 1.165) is 24.8 Å². The molecule has 0 aliphatic carbocycles. The maximum atomic E-state index is 5.97. The molecule has 0 aromatic carbocycles. The van der Waals surface area contributed by atoms with Gasteiger partial charge in [-0.15, -0.1) is 0 Å². The van der Waals surface area contributed by atoms with Gasteiger partial charge in [0.25, 0.3) is 0 Å². The van der Waals surface area contributed by atoms with Gasteiger partial charge in [-0.1, -0.05) is 18.5 Å². The highest BCUT2D eigenvalue weighted by Gasteiger charge is 2.20. The summed E-state index contributed by atoms with van der Waals surface area (Å²) in [5.41, 5.74) is 0. The molecule has 1 aromatic rings. The summed E-state index contributed by atoms with van der Waals surface area (Å²) in [6.45, 7) is 4.73. The predicted octanol–water partition coefficient (Wildman–Crippen LogP) is 2.12. The molecule has 0 N–H and O–H groups in total. The van der Waals surface area contributed by atoms with Gasteiger partial charge < -0.3 is 9.64 Å². The smallest absolute Gasteiger partial charge is 0.158 e. The molecule has 5 heteroatoms. The first kappa shape index (κ1) is 11.6. The topological polar surface area (TPSA) is 38.2 Å². The fourth-order valence-electron chi connectivity index (χ4n) is 1.95. The molecular formula is C11H16ClN3O. The number of halogens is 1. The third-order valence-electron chi connectivity index (χ3n) is 2.75. The number of ether oxygens (including phenoxy) is 1. The van der Waals surface area contributed by atoms with Crippen LogP contribution in [-0.4, -0.2) is 30.2 Å². The van der Waals surface area contributed by atoms with E-state index in [2.05, 4.69) is 21.8 Å². The molecule has 0 spiro atoms. The molecule has 2 heterocycles. The SMILES string of the molecule is COCc1nc(Cl)cc(N2CCC(C)C2)n1. The van der Waals surface area contributed by atoms with E-state index in [4.69, 9.17) is 16.3 Å². The monoisotopic (exact) mass is 241 g/mol. The average molecular weight is 242 g/mol. The van der Waals surface area contributed by atoms with E-state index < -0.39 is 0 Å². The van der Waals surface area contributed by atoms with Gasteiger partial charge in [0.05, 0.1) is 0 Å². The zero-order valence-corrected chi connectivity index (χ0v) is 10.4. The molecule has 1 unspecified atom stereocenters. The number of aromatic nitrogens is 2. The highest BCUT2D eigenvalue weighted by Crippen LogP contribution is 2.23. The van der Waals surface area contributed by atoms with E-state index in [1.807, 2.05) is 6.07 Å². The van der Waals surface area contributed by atoms with Crippen molar-refractivity contribution in [2.24, 2.45) is 5.92 Å². The third kappa shape index (κ3) is 2.62. The molecule has 0 bridgehead atoms. The molecule has 4 nitrogen and oxygen atoms in total. The Kier molecular flexibility index (Phi) is 3.61. The van der Waals surface area contributed by atoms with Gasteiger partial charge >= 0.3 is 0 Å². The second-order valence-electron chi connectivity index (χ2n) is 4.24. The largest absolute Gasteiger partial charge is 0.377 e. The van der Waals surface area contributed by atoms with Crippen LogP contribution in [0.1, 0.15) is 19.2 Å². The quantitative estimate of drug-likeness (QED) is 0.760. The molecule has 16 heavy (non-hydrogen) atoms. The lowest BCUT2D eigenvalue weighted by molar-refractivity contribution is 0.178. The van der Waals surface area contributed by atoms with Crippen LogP contribution in [0.2, 0.25) is 5.15 Å². The second-order valence-corrected chi connectivity index (χ2v) is 4.63. The van der Waals surface area contributed by atoms with Crippen molar-refractivity contribution in [3.05, 3.63) is 17.0 Å². The Morgan fingerprint density at radius 2 is 2.38 bits per heavy atom. The molecule has 1 aliphatic heterocycles. The van der Waals surface area contributed by atoms with Gasteiger partial charge in [-0.05, 0) is 12.3 Å². The van der Waals surface area contributed by atoms with E-state index in [1.54, 1.807) is 7.11 Å². The van der Waals surface area contributed by atoms with Gasteiger partial charge in [-0.3, -0.25) is 0 Å². The summed E-state index contributed by atoms with van der Waals surface area (Å²) in [5.74, 6) is 2.28. The Bertz CT molecular complexity index is 372. The van der Waals surface area contributed by atoms with Gasteiger partial charge in [0.15, 0.2) is 5.82 Å². The Balaban J connectivity index is 2.20. The normalized spacial score (nSPS) is 20.4. The minimum Gasteiger partial charge on any atom is -0.377 e. The van der Waals surface area contributed by atoms with Crippen molar-refractivity contribution in [2.75, 3.05) is 25.1 Å². The van der Waals surface area contributed by atoms with E-state index in [-0.39, 0.29) is 0 Å². The van der Waals surface area contributed by atoms with E-state index in [9.17, 15) is 0 Å². The molecule has 1 aromatic heterocycles. The first-order valence-corrected chi connectivity index (χ1v) is 5.84. The van der Waals surface area contributed by atoms with Gasteiger partial charge in [0.2, 0.25) is 0 Å². The van der Waals surface area contributed by atoms with Crippen molar-refractivity contribution in [2.45, 2.75) is 20.0 Å². The molecule has 0 amide bonds. The summed E-state index contributed by atoms with van der Waals surface area (Å²) in [6, 6.07) is 1.82. The predicted molar refractivity (Wildman–Crippen MR) is 63.7 cm³/mol. The number of nitrogens with zero attached hydrogens (tertiary/aromatic N) is 3. The van der Waals surface area contributed by atoms with Crippen LogP contribution in [0, 0.1) is 5.92 Å². The summed E-state index contributed by atoms with van der Waals surface area (Å²) >= 11 is 5.97. The lowest BCUT2D eigenvalue weighted by Gasteiger charge is -2.17. The Morgan fingerprint density at radius 1 is 1.56 bits per heavy atom. The van der Waals surface area contributed by atoms with Crippen LogP contribution < -0.4 is 4.90 Å². The zero-order chi connectivity index (χ0) is 11.5. The Hall–Kier alpha value is -0.870. The lowest BCUT2D eigenvalue weighted by atomic mass is 10.2. The molecule has 0 radical (unpaired) electrons. The molecule has 0 saturated carbocycles. The van der Waals surface area contributed by atoms with Crippen LogP contribution >= 0.6 is 11.6 Å². The van der Waals surface area contributed by atoms with Crippen LogP contribution in [0.3, 0.4) is 0 Å². The van der Waals surface area contributed by atoms with Crippen molar-refractivity contribution >= 4 is 17.4 Å². The van der Waals surface area contributed by atoms with E-state index in [0.29, 0.717) is 17.6 Å². The number of methoxy groups -OCH3 is 1. The van der Waals surface area contributed by atoms with Gasteiger partial charge in [-0.2, -0.15) is 0 Å². The average Bonchev–Trinajstić information content (AvgIpc) is 2.64. The van der Waals surface area contributed by atoms with Crippen molar-refractivity contribution in [1.82, 2.24) is 9.97 Å². The molecule has 2 rings (SSSR count). The van der Waals surface area contributed by atoms with Crippen molar-refractivity contribution in [1.29, 1.82) is 0 Å². The van der Waals surface area contributed by atoms with Crippen LogP contribution in [0.25, 0.3) is 0 Å². The molecule has 1 fully saturated rings. The number of rotatable bonds is 3. The van der Waals surface area contributed by atoms with Crippen LogP contribution in [0.4, 0.5) is 5.82 Å². The highest BCUT2D eigenvalue weighted by atomic mass is 35.5. The Labute approximate surface area is 101 Å². The number of hydrogen-bond donors (Lipinski definition) is 0. The van der Waals surface area contributed by atoms with E-state index >= 15 is 0 Å². The fraction of sp³-hybridized carbons (Fsp3) is 0.636. The summed E-state index contributed by atoms with van der Waals surface area (Å²) in [7, 11) is 1.63. The van der Waals surface area contributed by atoms with Gasteiger partial charge in [0.1, 0.15) is 17.6 Å². The fourth-order valence-corrected chi connectivity index (χ4v) is 2.15. The summed E-state index contributed by atoms with van der Waals surface area (Å²) in [4.78, 5) is 10.8. The third-order valence-corrected chi connectivity index (χ3v) is 2.94. The van der Waals surface area contributed by atoms with Crippen molar-refractivity contribution < 1.29 is 4.74 Å². The first-order chi connectivity index (χ1) is 7.69. The summed E-state index contributed by atoms with van der Waals surface area (Å²) < 4.78 is 5.02.